The molecule has 1 aromatic rings. The highest BCUT2D eigenvalue weighted by Crippen LogP contribution is 2.37. The lowest BCUT2D eigenvalue weighted by Gasteiger charge is -2.29. The lowest BCUT2D eigenvalue weighted by Crippen LogP contribution is -2.32. The maximum absolute atomic E-state index is 12.4. The molecule has 0 saturated heterocycles. The van der Waals surface area contributed by atoms with Gasteiger partial charge in [-0.05, 0) is 51.6 Å². The molecule has 1 aliphatic carbocycles. The average molecular weight is 378 g/mol. The first-order valence-electron chi connectivity index (χ1n) is 10.5. The summed E-state index contributed by atoms with van der Waals surface area (Å²) in [5, 5.41) is 10.9. The van der Waals surface area contributed by atoms with Crippen molar-refractivity contribution in [1.29, 1.82) is 0 Å². The Kier molecular flexibility index (Phi) is 8.77. The van der Waals surface area contributed by atoms with Gasteiger partial charge in [-0.3, -0.25) is 9.89 Å². The molecule has 0 atom stereocenters. The fourth-order valence-electron chi connectivity index (χ4n) is 4.17. The predicted molar refractivity (Wildman–Crippen MR) is 111 cm³/mol. The zero-order valence-electron chi connectivity index (χ0n) is 17.9. The quantitative estimate of drug-likeness (QED) is 0.658. The van der Waals surface area contributed by atoms with Gasteiger partial charge in [0.1, 0.15) is 0 Å². The van der Waals surface area contributed by atoms with Crippen molar-refractivity contribution in [1.82, 2.24) is 25.3 Å². The van der Waals surface area contributed by atoms with E-state index in [2.05, 4.69) is 47.5 Å². The Hall–Kier alpha value is -1.40. The highest BCUT2D eigenvalue weighted by molar-refractivity contribution is 5.76. The summed E-state index contributed by atoms with van der Waals surface area (Å²) in [4.78, 5) is 16.7. The smallest absolute Gasteiger partial charge is 0.222 e. The number of aromatic amines is 1. The van der Waals surface area contributed by atoms with E-state index < -0.39 is 0 Å². The molecule has 154 valence electrons. The topological polar surface area (TPSA) is 64.3 Å². The third-order valence-corrected chi connectivity index (χ3v) is 5.70. The summed E-state index contributed by atoms with van der Waals surface area (Å²) in [5.74, 6) is 1.89. The van der Waals surface area contributed by atoms with E-state index in [1.165, 1.54) is 11.3 Å². The molecule has 1 aromatic heterocycles. The number of likely N-dealkylation sites (N-methyl/N-ethyl adjacent to an activating group) is 2. The number of rotatable bonds is 10. The minimum Gasteiger partial charge on any atom is -0.345 e. The van der Waals surface area contributed by atoms with Gasteiger partial charge in [0.15, 0.2) is 0 Å². The summed E-state index contributed by atoms with van der Waals surface area (Å²) >= 11 is 0. The summed E-state index contributed by atoms with van der Waals surface area (Å²) in [7, 11) is 6.08. The normalized spacial score (nSPS) is 20.4. The van der Waals surface area contributed by atoms with Gasteiger partial charge in [0.2, 0.25) is 5.91 Å². The van der Waals surface area contributed by atoms with Gasteiger partial charge >= 0.3 is 0 Å². The highest BCUT2D eigenvalue weighted by Gasteiger charge is 2.27. The van der Waals surface area contributed by atoms with Crippen LogP contribution < -0.4 is 5.32 Å². The lowest BCUT2D eigenvalue weighted by molar-refractivity contribution is -0.131. The first-order chi connectivity index (χ1) is 12.9. The number of carbonyl (C=O) groups excluding carboxylic acids is 1. The van der Waals surface area contributed by atoms with Gasteiger partial charge in [-0.25, -0.2) is 0 Å². The molecular formula is C21H39N5O. The molecule has 0 aromatic carbocycles. The molecule has 6 heteroatoms. The lowest BCUT2D eigenvalue weighted by atomic mass is 9.78. The van der Waals surface area contributed by atoms with Crippen LogP contribution in [0.15, 0.2) is 6.20 Å². The van der Waals surface area contributed by atoms with Crippen LogP contribution in [0.25, 0.3) is 0 Å². The number of aromatic nitrogens is 2. The van der Waals surface area contributed by atoms with E-state index in [0.717, 1.165) is 51.9 Å². The van der Waals surface area contributed by atoms with Crippen LogP contribution in [0, 0.1) is 11.8 Å². The molecule has 2 N–H and O–H groups in total. The number of hydrogen-bond acceptors (Lipinski definition) is 4. The molecule has 0 aliphatic heterocycles. The summed E-state index contributed by atoms with van der Waals surface area (Å²) in [6.45, 7) is 8.13. The predicted octanol–water partition coefficient (Wildman–Crippen LogP) is 2.84. The standard InChI is InChI=1S/C21H39N5O/c1-16(2)14-26(5)20(27)12-17-6-8-18(9-7-17)21-19(13-23-24-21)15-25(4)11-10-22-3/h13,16-18,22H,6-12,14-15H2,1-5H3,(H,23,24)/t17-,18+. The van der Waals surface area contributed by atoms with Crippen LogP contribution in [0.1, 0.15) is 63.1 Å². The van der Waals surface area contributed by atoms with Crippen LogP contribution in [0.3, 0.4) is 0 Å². The van der Waals surface area contributed by atoms with Gasteiger partial charge in [0, 0.05) is 57.3 Å². The molecule has 6 nitrogen and oxygen atoms in total. The fourth-order valence-corrected chi connectivity index (χ4v) is 4.17. The Morgan fingerprint density at radius 3 is 2.63 bits per heavy atom. The zero-order valence-corrected chi connectivity index (χ0v) is 17.9. The van der Waals surface area contributed by atoms with Crippen molar-refractivity contribution in [2.75, 3.05) is 40.8 Å². The van der Waals surface area contributed by atoms with Gasteiger partial charge in [0.05, 0.1) is 5.69 Å². The van der Waals surface area contributed by atoms with E-state index in [0.29, 0.717) is 30.1 Å². The molecule has 0 unspecified atom stereocenters. The fraction of sp³-hybridized carbons (Fsp3) is 0.810. The van der Waals surface area contributed by atoms with Crippen LogP contribution in [-0.4, -0.2) is 66.7 Å². The van der Waals surface area contributed by atoms with E-state index in [4.69, 9.17) is 0 Å². The number of nitrogens with one attached hydrogen (secondary N) is 2. The molecule has 27 heavy (non-hydrogen) atoms. The van der Waals surface area contributed by atoms with Gasteiger partial charge in [-0.2, -0.15) is 5.10 Å². The maximum Gasteiger partial charge on any atom is 0.222 e. The Labute approximate surface area is 165 Å². The molecule has 1 heterocycles. The molecule has 2 rings (SSSR count). The molecule has 1 fully saturated rings. The number of H-pyrrole nitrogens is 1. The molecule has 1 aliphatic rings. The summed E-state index contributed by atoms with van der Waals surface area (Å²) in [5.41, 5.74) is 2.57. The second kappa shape index (κ2) is 10.8. The van der Waals surface area contributed by atoms with Crippen molar-refractivity contribution in [3.8, 4) is 0 Å². The Morgan fingerprint density at radius 1 is 1.30 bits per heavy atom. The third-order valence-electron chi connectivity index (χ3n) is 5.70. The van der Waals surface area contributed by atoms with Crippen molar-refractivity contribution in [3.63, 3.8) is 0 Å². The highest BCUT2D eigenvalue weighted by atomic mass is 16.2. The van der Waals surface area contributed by atoms with Crippen molar-refractivity contribution in [2.24, 2.45) is 11.8 Å². The van der Waals surface area contributed by atoms with Gasteiger partial charge < -0.3 is 15.1 Å². The Morgan fingerprint density at radius 2 is 2.00 bits per heavy atom. The largest absolute Gasteiger partial charge is 0.345 e. The van der Waals surface area contributed by atoms with E-state index in [9.17, 15) is 4.79 Å². The van der Waals surface area contributed by atoms with E-state index in [1.54, 1.807) is 0 Å². The van der Waals surface area contributed by atoms with Crippen LogP contribution in [0.4, 0.5) is 0 Å². The van der Waals surface area contributed by atoms with Crippen LogP contribution >= 0.6 is 0 Å². The molecule has 1 saturated carbocycles. The van der Waals surface area contributed by atoms with Gasteiger partial charge in [-0.1, -0.05) is 13.8 Å². The maximum atomic E-state index is 12.4. The minimum atomic E-state index is 0.304. The number of hydrogen-bond donors (Lipinski definition) is 2. The zero-order chi connectivity index (χ0) is 19.8. The van der Waals surface area contributed by atoms with Crippen molar-refractivity contribution in [3.05, 3.63) is 17.5 Å². The molecular weight excluding hydrogens is 338 g/mol. The summed E-state index contributed by atoms with van der Waals surface area (Å²) in [6, 6.07) is 0. The molecule has 1 amide bonds. The number of nitrogens with zero attached hydrogens (tertiary/aromatic N) is 3. The van der Waals surface area contributed by atoms with E-state index in [1.807, 2.05) is 19.0 Å². The summed E-state index contributed by atoms with van der Waals surface area (Å²) in [6.07, 6.45) is 7.31. The molecule has 0 radical (unpaired) electrons. The molecule has 0 bridgehead atoms. The Bertz CT molecular complexity index is 563. The van der Waals surface area contributed by atoms with Gasteiger partial charge in [0.25, 0.3) is 0 Å². The van der Waals surface area contributed by atoms with Crippen molar-refractivity contribution in [2.45, 2.75) is 58.4 Å². The first-order valence-corrected chi connectivity index (χ1v) is 10.5. The van der Waals surface area contributed by atoms with E-state index in [-0.39, 0.29) is 0 Å². The summed E-state index contributed by atoms with van der Waals surface area (Å²) < 4.78 is 0. The van der Waals surface area contributed by atoms with Crippen LogP contribution in [0.5, 0.6) is 0 Å². The second-order valence-electron chi connectivity index (χ2n) is 8.73. The average Bonchev–Trinajstić information content (AvgIpc) is 3.08. The number of carbonyl (C=O) groups is 1. The third kappa shape index (κ3) is 6.92. The Balaban J connectivity index is 1.82. The monoisotopic (exact) mass is 377 g/mol. The van der Waals surface area contributed by atoms with Crippen molar-refractivity contribution >= 4 is 5.91 Å². The first kappa shape index (κ1) is 21.9. The van der Waals surface area contributed by atoms with Gasteiger partial charge in [-0.15, -0.1) is 0 Å². The van der Waals surface area contributed by atoms with Crippen molar-refractivity contribution < 1.29 is 4.79 Å². The minimum absolute atomic E-state index is 0.304. The van der Waals surface area contributed by atoms with Crippen LogP contribution in [0.2, 0.25) is 0 Å². The molecule has 0 spiro atoms. The van der Waals surface area contributed by atoms with Crippen LogP contribution in [-0.2, 0) is 11.3 Å². The SMILES string of the molecule is CNCCN(C)Cc1c[nH]nc1[C@H]1CC[C@@H](CC(=O)N(C)CC(C)C)CC1. The second-order valence-corrected chi connectivity index (χ2v) is 8.73. The van der Waals surface area contributed by atoms with E-state index >= 15 is 0 Å². The number of amides is 1.